The van der Waals surface area contributed by atoms with Crippen LogP contribution in [0.4, 0.5) is 0 Å². The quantitative estimate of drug-likeness (QED) is 0.837. The van der Waals surface area contributed by atoms with Gasteiger partial charge in [-0.3, -0.25) is 9.59 Å². The van der Waals surface area contributed by atoms with E-state index in [1.807, 2.05) is 0 Å². The minimum Gasteiger partial charge on any atom is -0.381 e. The molecule has 2 fully saturated rings. The van der Waals surface area contributed by atoms with Crippen LogP contribution in [-0.2, 0) is 9.53 Å². The van der Waals surface area contributed by atoms with E-state index in [1.54, 1.807) is 34.1 Å². The summed E-state index contributed by atoms with van der Waals surface area (Å²) < 4.78 is 5.33. The summed E-state index contributed by atoms with van der Waals surface area (Å²) in [7, 11) is 0. The van der Waals surface area contributed by atoms with Gasteiger partial charge in [0.05, 0.1) is 6.04 Å². The van der Waals surface area contributed by atoms with E-state index in [4.69, 9.17) is 22.1 Å². The Bertz CT molecular complexity index is 630. The van der Waals surface area contributed by atoms with Crippen LogP contribution in [0.5, 0.6) is 0 Å². The lowest BCUT2D eigenvalue weighted by Crippen LogP contribution is -2.56. The Morgan fingerprint density at radius 3 is 2.35 bits per heavy atom. The largest absolute Gasteiger partial charge is 0.381 e. The topological polar surface area (TPSA) is 75.9 Å². The zero-order chi connectivity index (χ0) is 17.8. The Hall–Kier alpha value is -1.34. The normalized spacial score (nSPS) is 19.6. The van der Waals surface area contributed by atoms with E-state index < -0.39 is 6.04 Å². The summed E-state index contributed by atoms with van der Waals surface area (Å²) >= 11 is 5.95. The lowest BCUT2D eigenvalue weighted by atomic mass is 9.91. The fraction of sp³-hybridized carbons (Fsp3) is 0.556. The molecule has 2 aliphatic rings. The van der Waals surface area contributed by atoms with Crippen molar-refractivity contribution in [3.8, 4) is 0 Å². The Labute approximate surface area is 165 Å². The predicted octanol–water partition coefficient (Wildman–Crippen LogP) is 1.80. The number of rotatable bonds is 3. The summed E-state index contributed by atoms with van der Waals surface area (Å²) in [5.74, 6) is 0.123. The highest BCUT2D eigenvalue weighted by Crippen LogP contribution is 2.20. The van der Waals surface area contributed by atoms with Crippen molar-refractivity contribution in [2.75, 3.05) is 39.4 Å². The van der Waals surface area contributed by atoms with Gasteiger partial charge in [-0.15, -0.1) is 12.4 Å². The standard InChI is InChI=1S/C18H24ClN3O3.ClH/c19-15-3-1-2-14(12-15)17(23)21-6-8-22(9-7-21)18(24)16(20)13-4-10-25-11-5-13;/h1-3,12-13,16H,4-11,20H2;1H. The lowest BCUT2D eigenvalue weighted by Gasteiger charge is -2.37. The van der Waals surface area contributed by atoms with E-state index in [-0.39, 0.29) is 30.1 Å². The van der Waals surface area contributed by atoms with Crippen molar-refractivity contribution in [2.45, 2.75) is 18.9 Å². The van der Waals surface area contributed by atoms with E-state index in [1.165, 1.54) is 0 Å². The summed E-state index contributed by atoms with van der Waals surface area (Å²) in [6, 6.07) is 6.46. The van der Waals surface area contributed by atoms with E-state index in [0.29, 0.717) is 50.0 Å². The van der Waals surface area contributed by atoms with E-state index >= 15 is 0 Å². The second kappa shape index (κ2) is 9.55. The third kappa shape index (κ3) is 4.88. The molecular weight excluding hydrogens is 377 g/mol. The van der Waals surface area contributed by atoms with Gasteiger partial charge in [-0.25, -0.2) is 0 Å². The van der Waals surface area contributed by atoms with Crippen molar-refractivity contribution in [3.63, 3.8) is 0 Å². The minimum absolute atomic E-state index is 0. The molecule has 0 aromatic heterocycles. The molecule has 2 saturated heterocycles. The monoisotopic (exact) mass is 401 g/mol. The van der Waals surface area contributed by atoms with Crippen LogP contribution in [0, 0.1) is 5.92 Å². The first-order valence-corrected chi connectivity index (χ1v) is 9.11. The van der Waals surface area contributed by atoms with Crippen LogP contribution in [0.2, 0.25) is 5.02 Å². The second-order valence-electron chi connectivity index (χ2n) is 6.60. The van der Waals surface area contributed by atoms with Gasteiger partial charge in [0.15, 0.2) is 0 Å². The van der Waals surface area contributed by atoms with Crippen LogP contribution >= 0.6 is 24.0 Å². The van der Waals surface area contributed by atoms with E-state index in [2.05, 4.69) is 0 Å². The first-order chi connectivity index (χ1) is 12.1. The molecule has 0 spiro atoms. The van der Waals surface area contributed by atoms with Crippen molar-refractivity contribution in [1.29, 1.82) is 0 Å². The molecule has 2 heterocycles. The second-order valence-corrected chi connectivity index (χ2v) is 7.04. The van der Waals surface area contributed by atoms with Crippen LogP contribution in [-0.4, -0.2) is 67.0 Å². The van der Waals surface area contributed by atoms with Gasteiger partial charge in [0.2, 0.25) is 5.91 Å². The molecule has 1 aromatic rings. The number of halogens is 2. The number of carbonyl (C=O) groups is 2. The molecule has 3 rings (SSSR count). The zero-order valence-electron chi connectivity index (χ0n) is 14.6. The third-order valence-electron chi connectivity index (χ3n) is 5.01. The highest BCUT2D eigenvalue weighted by atomic mass is 35.5. The molecule has 26 heavy (non-hydrogen) atoms. The van der Waals surface area contributed by atoms with Gasteiger partial charge in [0.1, 0.15) is 0 Å². The average Bonchev–Trinajstić information content (AvgIpc) is 2.67. The Morgan fingerprint density at radius 1 is 1.12 bits per heavy atom. The van der Waals surface area contributed by atoms with Gasteiger partial charge in [-0.2, -0.15) is 0 Å². The molecule has 6 nitrogen and oxygen atoms in total. The van der Waals surface area contributed by atoms with Crippen LogP contribution in [0.25, 0.3) is 0 Å². The maximum atomic E-state index is 12.6. The number of ether oxygens (including phenoxy) is 1. The zero-order valence-corrected chi connectivity index (χ0v) is 16.2. The SMILES string of the molecule is Cl.NC(C(=O)N1CCN(C(=O)c2cccc(Cl)c2)CC1)C1CCOCC1. The van der Waals surface area contributed by atoms with Crippen LogP contribution in [0.3, 0.4) is 0 Å². The maximum absolute atomic E-state index is 12.6. The molecule has 0 saturated carbocycles. The first kappa shape index (κ1) is 21.0. The molecule has 2 aliphatic heterocycles. The summed E-state index contributed by atoms with van der Waals surface area (Å²) in [4.78, 5) is 28.7. The molecule has 0 aliphatic carbocycles. The third-order valence-corrected chi connectivity index (χ3v) is 5.24. The maximum Gasteiger partial charge on any atom is 0.254 e. The van der Waals surface area contributed by atoms with Crippen molar-refractivity contribution in [1.82, 2.24) is 9.80 Å². The first-order valence-electron chi connectivity index (χ1n) is 8.73. The van der Waals surface area contributed by atoms with E-state index in [0.717, 1.165) is 12.8 Å². The Balaban J connectivity index is 0.00000243. The lowest BCUT2D eigenvalue weighted by molar-refractivity contribution is -0.136. The number of nitrogens with two attached hydrogens (primary N) is 1. The number of benzene rings is 1. The molecule has 2 amide bonds. The Kier molecular flexibility index (Phi) is 7.70. The molecule has 2 N–H and O–H groups in total. The summed E-state index contributed by atoms with van der Waals surface area (Å²) in [6.45, 7) is 3.40. The Morgan fingerprint density at radius 2 is 1.73 bits per heavy atom. The number of nitrogens with zero attached hydrogens (tertiary/aromatic N) is 2. The van der Waals surface area contributed by atoms with Gasteiger partial charge in [-0.1, -0.05) is 17.7 Å². The molecule has 1 atom stereocenters. The molecule has 1 unspecified atom stereocenters. The average molecular weight is 402 g/mol. The van der Waals surface area contributed by atoms with Crippen LogP contribution in [0.15, 0.2) is 24.3 Å². The van der Waals surface area contributed by atoms with Gasteiger partial charge in [-0.05, 0) is 37.0 Å². The highest BCUT2D eigenvalue weighted by molar-refractivity contribution is 6.30. The number of piperazine rings is 1. The summed E-state index contributed by atoms with van der Waals surface area (Å²) in [5, 5.41) is 0.544. The molecule has 0 radical (unpaired) electrons. The van der Waals surface area contributed by atoms with Crippen LogP contribution in [0.1, 0.15) is 23.2 Å². The number of amides is 2. The highest BCUT2D eigenvalue weighted by Gasteiger charge is 2.32. The van der Waals surface area contributed by atoms with Gasteiger partial charge in [0, 0.05) is 50.0 Å². The molecular formula is C18H25Cl2N3O3. The molecule has 144 valence electrons. The van der Waals surface area contributed by atoms with Crippen molar-refractivity contribution in [3.05, 3.63) is 34.9 Å². The number of hydrogen-bond donors (Lipinski definition) is 1. The van der Waals surface area contributed by atoms with E-state index in [9.17, 15) is 9.59 Å². The molecule has 8 heteroatoms. The van der Waals surface area contributed by atoms with Gasteiger partial charge >= 0.3 is 0 Å². The van der Waals surface area contributed by atoms with Gasteiger partial charge in [0.25, 0.3) is 5.91 Å². The van der Waals surface area contributed by atoms with Crippen LogP contribution < -0.4 is 5.73 Å². The summed E-state index contributed by atoms with van der Waals surface area (Å²) in [6.07, 6.45) is 1.67. The summed E-state index contributed by atoms with van der Waals surface area (Å²) in [5.41, 5.74) is 6.76. The predicted molar refractivity (Wildman–Crippen MR) is 103 cm³/mol. The fourth-order valence-corrected chi connectivity index (χ4v) is 3.61. The van der Waals surface area contributed by atoms with Crippen molar-refractivity contribution >= 4 is 35.8 Å². The van der Waals surface area contributed by atoms with Gasteiger partial charge < -0.3 is 20.3 Å². The van der Waals surface area contributed by atoms with Crippen molar-refractivity contribution < 1.29 is 14.3 Å². The number of carbonyl (C=O) groups excluding carboxylic acids is 2. The minimum atomic E-state index is -0.473. The fourth-order valence-electron chi connectivity index (χ4n) is 3.42. The number of hydrogen-bond acceptors (Lipinski definition) is 4. The van der Waals surface area contributed by atoms with Crippen molar-refractivity contribution in [2.24, 2.45) is 11.7 Å². The smallest absolute Gasteiger partial charge is 0.254 e. The molecule has 1 aromatic carbocycles. The molecule has 0 bridgehead atoms.